The van der Waals surface area contributed by atoms with E-state index in [1.54, 1.807) is 30.3 Å². The van der Waals surface area contributed by atoms with Gasteiger partial charge in [-0.1, -0.05) is 17.7 Å². The molecule has 0 atom stereocenters. The predicted molar refractivity (Wildman–Crippen MR) is 117 cm³/mol. The minimum atomic E-state index is -3.66. The van der Waals surface area contributed by atoms with E-state index in [1.165, 1.54) is 25.4 Å². The van der Waals surface area contributed by atoms with Crippen LogP contribution in [0.5, 0.6) is 11.5 Å². The van der Waals surface area contributed by atoms with Crippen LogP contribution in [0.1, 0.15) is 0 Å². The average molecular weight is 464 g/mol. The third-order valence-electron chi connectivity index (χ3n) is 4.51. The lowest BCUT2D eigenvalue weighted by Crippen LogP contribution is -2.22. The van der Waals surface area contributed by atoms with E-state index in [-0.39, 0.29) is 15.9 Å². The molecule has 0 fully saturated rings. The number of thiazole rings is 1. The highest BCUT2D eigenvalue weighted by molar-refractivity contribution is 7.89. The highest BCUT2D eigenvalue weighted by Gasteiger charge is 2.22. The average Bonchev–Trinajstić information content (AvgIpc) is 3.23. The summed E-state index contributed by atoms with van der Waals surface area (Å²) in [4.78, 5) is 5.46. The molecule has 156 valence electrons. The zero-order valence-corrected chi connectivity index (χ0v) is 18.8. The van der Waals surface area contributed by atoms with Crippen LogP contribution < -0.4 is 14.3 Å². The van der Waals surface area contributed by atoms with Crippen molar-refractivity contribution in [3.8, 4) is 22.8 Å². The molecule has 4 rings (SSSR count). The fourth-order valence-corrected chi connectivity index (χ4v) is 5.22. The number of halogens is 1. The Balaban J connectivity index is 1.75. The number of aromatic nitrogens is 1. The molecule has 0 unspecified atom stereocenters. The summed E-state index contributed by atoms with van der Waals surface area (Å²) in [6.07, 6.45) is 0. The Morgan fingerprint density at radius 1 is 1.13 bits per heavy atom. The summed E-state index contributed by atoms with van der Waals surface area (Å²) >= 11 is 7.60. The maximum absolute atomic E-state index is 12.6. The molecule has 0 saturated heterocycles. The first-order valence-corrected chi connectivity index (χ1v) is 11.5. The first-order valence-electron chi connectivity index (χ1n) is 8.77. The number of nitrogens with zero attached hydrogens (tertiary/aromatic N) is 3. The molecule has 0 radical (unpaired) electrons. The molecule has 2 aromatic carbocycles. The number of hydrogen-bond acceptors (Lipinski definition) is 6. The van der Waals surface area contributed by atoms with Crippen molar-refractivity contribution in [3.63, 3.8) is 0 Å². The van der Waals surface area contributed by atoms with Crippen molar-refractivity contribution in [2.45, 2.75) is 4.90 Å². The van der Waals surface area contributed by atoms with Gasteiger partial charge in [-0.2, -0.15) is 0 Å². The van der Waals surface area contributed by atoms with Gasteiger partial charge in [0.1, 0.15) is 4.90 Å². The van der Waals surface area contributed by atoms with Crippen LogP contribution in [0.3, 0.4) is 0 Å². The second-order valence-electron chi connectivity index (χ2n) is 6.71. The van der Waals surface area contributed by atoms with E-state index < -0.39 is 10.0 Å². The molecule has 0 bridgehead atoms. The molecule has 30 heavy (non-hydrogen) atoms. The SMILES string of the molecule is C=C1Oc2ccc(N=c3scc(-c4ccc(Cl)c(S(=O)(=O)N(C)C)c4)n3C)cc2O1. The van der Waals surface area contributed by atoms with E-state index in [2.05, 4.69) is 11.6 Å². The number of rotatable bonds is 4. The van der Waals surface area contributed by atoms with E-state index in [0.29, 0.717) is 17.2 Å². The van der Waals surface area contributed by atoms with Gasteiger partial charge in [-0.3, -0.25) is 0 Å². The number of benzene rings is 2. The van der Waals surface area contributed by atoms with Gasteiger partial charge >= 0.3 is 0 Å². The summed E-state index contributed by atoms with van der Waals surface area (Å²) in [5, 5.41) is 2.10. The fourth-order valence-electron chi connectivity index (χ4n) is 2.90. The molecule has 7 nitrogen and oxygen atoms in total. The Hall–Kier alpha value is -2.59. The number of hydrogen-bond donors (Lipinski definition) is 0. The molecular weight excluding hydrogens is 446 g/mol. The van der Waals surface area contributed by atoms with Crippen LogP contribution in [-0.4, -0.2) is 31.4 Å². The van der Waals surface area contributed by atoms with Crippen LogP contribution >= 0.6 is 22.9 Å². The molecule has 0 saturated carbocycles. The normalized spacial score (nSPS) is 14.0. The monoisotopic (exact) mass is 463 g/mol. The van der Waals surface area contributed by atoms with Crippen molar-refractivity contribution in [2.75, 3.05) is 14.1 Å². The maximum atomic E-state index is 12.6. The molecular formula is C20H18ClN3O4S2. The Kier molecular flexibility index (Phi) is 5.23. The Morgan fingerprint density at radius 2 is 1.87 bits per heavy atom. The van der Waals surface area contributed by atoms with Crippen LogP contribution in [0.4, 0.5) is 5.69 Å². The molecule has 0 N–H and O–H groups in total. The Morgan fingerprint density at radius 3 is 2.60 bits per heavy atom. The van der Waals surface area contributed by atoms with Gasteiger partial charge in [0.25, 0.3) is 5.95 Å². The van der Waals surface area contributed by atoms with E-state index in [1.807, 2.05) is 23.1 Å². The van der Waals surface area contributed by atoms with Gasteiger partial charge in [0.2, 0.25) is 10.0 Å². The molecule has 2 heterocycles. The highest BCUT2D eigenvalue weighted by atomic mass is 35.5. The van der Waals surface area contributed by atoms with Gasteiger partial charge in [-0.25, -0.2) is 17.7 Å². The number of fused-ring (bicyclic) bond motifs is 1. The van der Waals surface area contributed by atoms with Gasteiger partial charge in [0.05, 0.1) is 16.4 Å². The molecule has 0 amide bonds. The number of ether oxygens (including phenoxy) is 2. The van der Waals surface area contributed by atoms with Gasteiger partial charge < -0.3 is 14.0 Å². The third kappa shape index (κ3) is 3.65. The molecule has 1 aliphatic rings. The highest BCUT2D eigenvalue weighted by Crippen LogP contribution is 2.38. The molecule has 10 heteroatoms. The Labute approximate surface area is 183 Å². The summed E-state index contributed by atoms with van der Waals surface area (Å²) in [5.74, 6) is 1.40. The maximum Gasteiger partial charge on any atom is 0.282 e. The van der Waals surface area contributed by atoms with E-state index >= 15 is 0 Å². The molecule has 3 aromatic rings. The van der Waals surface area contributed by atoms with Crippen molar-refractivity contribution in [2.24, 2.45) is 12.0 Å². The zero-order valence-electron chi connectivity index (χ0n) is 16.4. The summed E-state index contributed by atoms with van der Waals surface area (Å²) in [6, 6.07) is 10.3. The van der Waals surface area contributed by atoms with Crippen LogP contribution in [0, 0.1) is 0 Å². The third-order valence-corrected chi connectivity index (χ3v) is 7.72. The van der Waals surface area contributed by atoms with Crippen LogP contribution in [0.2, 0.25) is 5.02 Å². The quantitative estimate of drug-likeness (QED) is 0.583. The van der Waals surface area contributed by atoms with Crippen LogP contribution in [-0.2, 0) is 17.1 Å². The van der Waals surface area contributed by atoms with Gasteiger partial charge in [-0.15, -0.1) is 11.3 Å². The van der Waals surface area contributed by atoms with Crippen molar-refractivity contribution in [1.29, 1.82) is 0 Å². The van der Waals surface area contributed by atoms with Crippen LogP contribution in [0.25, 0.3) is 11.3 Å². The second kappa shape index (κ2) is 7.59. The predicted octanol–water partition coefficient (Wildman–Crippen LogP) is 4.13. The van der Waals surface area contributed by atoms with Crippen molar-refractivity contribution < 1.29 is 17.9 Å². The van der Waals surface area contributed by atoms with Gasteiger partial charge in [0.15, 0.2) is 16.3 Å². The van der Waals surface area contributed by atoms with Crippen LogP contribution in [0.15, 0.2) is 64.2 Å². The Bertz CT molecular complexity index is 1340. The fraction of sp³-hybridized carbons (Fsp3) is 0.150. The topological polar surface area (TPSA) is 73.1 Å². The van der Waals surface area contributed by atoms with E-state index in [0.717, 1.165) is 20.4 Å². The van der Waals surface area contributed by atoms with Gasteiger partial charge in [-0.05, 0) is 30.8 Å². The minimum Gasteiger partial charge on any atom is -0.422 e. The van der Waals surface area contributed by atoms with Crippen molar-refractivity contribution >= 4 is 38.6 Å². The summed E-state index contributed by atoms with van der Waals surface area (Å²) in [5.41, 5.74) is 2.24. The second-order valence-corrected chi connectivity index (χ2v) is 10.1. The zero-order chi connectivity index (χ0) is 21.6. The largest absolute Gasteiger partial charge is 0.422 e. The summed E-state index contributed by atoms with van der Waals surface area (Å²) in [6.45, 7) is 3.64. The molecule has 1 aromatic heterocycles. The lowest BCUT2D eigenvalue weighted by Gasteiger charge is -2.14. The van der Waals surface area contributed by atoms with E-state index in [4.69, 9.17) is 21.1 Å². The smallest absolute Gasteiger partial charge is 0.282 e. The molecule has 0 spiro atoms. The minimum absolute atomic E-state index is 0.0624. The lowest BCUT2D eigenvalue weighted by molar-refractivity contribution is 0.290. The molecule has 1 aliphatic heterocycles. The summed E-state index contributed by atoms with van der Waals surface area (Å²) in [7, 11) is 1.15. The standard InChI is InChI=1S/C20H18ClN3O4S2/c1-12-27-17-8-6-14(10-18(17)28-12)22-20-24(4)16(11-29-20)13-5-7-15(21)19(9-13)30(25,26)23(2)3/h5-11H,1H2,2-4H3. The lowest BCUT2D eigenvalue weighted by atomic mass is 10.2. The van der Waals surface area contributed by atoms with Crippen molar-refractivity contribution in [3.05, 3.63) is 64.1 Å². The first kappa shape index (κ1) is 20.7. The van der Waals surface area contributed by atoms with E-state index in [9.17, 15) is 8.42 Å². The summed E-state index contributed by atoms with van der Waals surface area (Å²) < 4.78 is 38.9. The van der Waals surface area contributed by atoms with Gasteiger partial charge in [0, 0.05) is 38.2 Å². The number of sulfonamides is 1. The first-order chi connectivity index (χ1) is 14.2. The van der Waals surface area contributed by atoms with Crippen molar-refractivity contribution in [1.82, 2.24) is 8.87 Å². The molecule has 0 aliphatic carbocycles.